The van der Waals surface area contributed by atoms with Crippen LogP contribution >= 0.6 is 23.2 Å². The normalized spacial score (nSPS) is 13.6. The Morgan fingerprint density at radius 3 is 2.45 bits per heavy atom. The van der Waals surface area contributed by atoms with Crippen LogP contribution in [0.2, 0.25) is 10.0 Å². The van der Waals surface area contributed by atoms with Crippen LogP contribution in [0, 0.1) is 5.92 Å². The highest BCUT2D eigenvalue weighted by Crippen LogP contribution is 2.23. The number of aryl methyl sites for hydroxylation is 1. The van der Waals surface area contributed by atoms with Crippen LogP contribution in [0.15, 0.2) is 18.2 Å². The van der Waals surface area contributed by atoms with E-state index in [1.165, 1.54) is 0 Å². The summed E-state index contributed by atoms with van der Waals surface area (Å²) in [5.74, 6) is -1.73. The van der Waals surface area contributed by atoms with Gasteiger partial charge in [-0.3, -0.25) is 9.59 Å². The van der Waals surface area contributed by atoms with Crippen LogP contribution in [0.3, 0.4) is 0 Å². The summed E-state index contributed by atoms with van der Waals surface area (Å²) >= 11 is 11.7. The zero-order valence-corrected chi connectivity index (χ0v) is 12.8. The Morgan fingerprint density at radius 1 is 1.25 bits per heavy atom. The first-order valence-electron chi connectivity index (χ1n) is 6.27. The quantitative estimate of drug-likeness (QED) is 0.847. The highest BCUT2D eigenvalue weighted by atomic mass is 35.5. The van der Waals surface area contributed by atoms with Crippen molar-refractivity contribution < 1.29 is 14.7 Å². The van der Waals surface area contributed by atoms with Gasteiger partial charge in [-0.15, -0.1) is 0 Å². The standard InChI is InChI=1S/C14H17Cl2NO3/c1-8(14(19)20)9(2)17-13(18)6-4-10-3-5-11(15)12(16)7-10/h3,5,7-9H,4,6H2,1-2H3,(H,17,18)(H,19,20). The Morgan fingerprint density at radius 2 is 1.90 bits per heavy atom. The number of benzene rings is 1. The van der Waals surface area contributed by atoms with E-state index in [-0.39, 0.29) is 12.3 Å². The Balaban J connectivity index is 2.47. The highest BCUT2D eigenvalue weighted by molar-refractivity contribution is 6.42. The predicted octanol–water partition coefficient (Wildman–Crippen LogP) is 3.15. The van der Waals surface area contributed by atoms with E-state index in [1.54, 1.807) is 26.0 Å². The Hall–Kier alpha value is -1.26. The molecule has 0 aliphatic heterocycles. The SMILES string of the molecule is CC(NC(=O)CCc1ccc(Cl)c(Cl)c1)C(C)C(=O)O. The molecule has 1 amide bonds. The molecule has 1 aromatic rings. The van der Waals surface area contributed by atoms with Crippen LogP contribution in [0.1, 0.15) is 25.8 Å². The molecular weight excluding hydrogens is 301 g/mol. The maximum Gasteiger partial charge on any atom is 0.308 e. The molecule has 20 heavy (non-hydrogen) atoms. The molecule has 0 heterocycles. The summed E-state index contributed by atoms with van der Waals surface area (Å²) < 4.78 is 0. The summed E-state index contributed by atoms with van der Waals surface area (Å²) in [5.41, 5.74) is 0.911. The van der Waals surface area contributed by atoms with Crippen molar-refractivity contribution >= 4 is 35.1 Å². The van der Waals surface area contributed by atoms with Crippen molar-refractivity contribution in [3.63, 3.8) is 0 Å². The van der Waals surface area contributed by atoms with E-state index in [2.05, 4.69) is 5.32 Å². The number of hydrogen-bond acceptors (Lipinski definition) is 2. The van der Waals surface area contributed by atoms with Crippen LogP contribution in [0.4, 0.5) is 0 Å². The van der Waals surface area contributed by atoms with Gasteiger partial charge in [-0.1, -0.05) is 29.3 Å². The second-order valence-corrected chi connectivity index (χ2v) is 5.55. The molecule has 1 rings (SSSR count). The lowest BCUT2D eigenvalue weighted by Crippen LogP contribution is -2.40. The summed E-state index contributed by atoms with van der Waals surface area (Å²) in [5, 5.41) is 12.5. The maximum atomic E-state index is 11.7. The number of hydrogen-bond donors (Lipinski definition) is 2. The van der Waals surface area contributed by atoms with E-state index in [1.807, 2.05) is 6.07 Å². The molecule has 2 atom stereocenters. The first-order chi connectivity index (χ1) is 9.31. The van der Waals surface area contributed by atoms with Crippen LogP contribution in [0.5, 0.6) is 0 Å². The minimum absolute atomic E-state index is 0.184. The van der Waals surface area contributed by atoms with Gasteiger partial charge in [0.25, 0.3) is 0 Å². The molecule has 0 aromatic heterocycles. The number of carboxylic acids is 1. The molecule has 0 aliphatic carbocycles. The van der Waals surface area contributed by atoms with Crippen LogP contribution in [-0.4, -0.2) is 23.0 Å². The maximum absolute atomic E-state index is 11.7. The number of amides is 1. The van der Waals surface area contributed by atoms with Crippen molar-refractivity contribution in [3.05, 3.63) is 33.8 Å². The first kappa shape index (κ1) is 16.8. The van der Waals surface area contributed by atoms with Crippen LogP contribution in [-0.2, 0) is 16.0 Å². The van der Waals surface area contributed by atoms with Crippen LogP contribution in [0.25, 0.3) is 0 Å². The van der Waals surface area contributed by atoms with E-state index >= 15 is 0 Å². The lowest BCUT2D eigenvalue weighted by Gasteiger charge is -2.17. The predicted molar refractivity (Wildman–Crippen MR) is 79.2 cm³/mol. The minimum Gasteiger partial charge on any atom is -0.481 e. The highest BCUT2D eigenvalue weighted by Gasteiger charge is 2.20. The van der Waals surface area contributed by atoms with Crippen molar-refractivity contribution in [1.29, 1.82) is 0 Å². The molecule has 110 valence electrons. The fraction of sp³-hybridized carbons (Fsp3) is 0.429. The zero-order chi connectivity index (χ0) is 15.3. The zero-order valence-electron chi connectivity index (χ0n) is 11.3. The number of aliphatic carboxylic acids is 1. The van der Waals surface area contributed by atoms with Crippen molar-refractivity contribution in [2.75, 3.05) is 0 Å². The van der Waals surface area contributed by atoms with Gasteiger partial charge in [0.05, 0.1) is 16.0 Å². The van der Waals surface area contributed by atoms with Gasteiger partial charge in [0.1, 0.15) is 0 Å². The Bertz CT molecular complexity index is 505. The molecule has 6 heteroatoms. The molecule has 0 bridgehead atoms. The molecule has 4 nitrogen and oxygen atoms in total. The molecule has 0 saturated carbocycles. The largest absolute Gasteiger partial charge is 0.481 e. The molecule has 0 aliphatic rings. The van der Waals surface area contributed by atoms with E-state index in [0.717, 1.165) is 5.56 Å². The van der Waals surface area contributed by atoms with E-state index in [4.69, 9.17) is 28.3 Å². The summed E-state index contributed by atoms with van der Waals surface area (Å²) in [7, 11) is 0. The third kappa shape index (κ3) is 5.02. The number of carboxylic acid groups (broad SMARTS) is 1. The second kappa shape index (κ2) is 7.50. The van der Waals surface area contributed by atoms with Crippen molar-refractivity contribution in [2.45, 2.75) is 32.7 Å². The summed E-state index contributed by atoms with van der Waals surface area (Å²) in [6.45, 7) is 3.24. The molecule has 0 spiro atoms. The van der Waals surface area contributed by atoms with Crippen molar-refractivity contribution in [2.24, 2.45) is 5.92 Å². The molecule has 0 saturated heterocycles. The van der Waals surface area contributed by atoms with Crippen molar-refractivity contribution in [3.8, 4) is 0 Å². The van der Waals surface area contributed by atoms with Gasteiger partial charge < -0.3 is 10.4 Å². The third-order valence-electron chi connectivity index (χ3n) is 3.15. The van der Waals surface area contributed by atoms with Gasteiger partial charge in [-0.05, 0) is 38.0 Å². The summed E-state index contributed by atoms with van der Waals surface area (Å²) in [6.07, 6.45) is 0.797. The fourth-order valence-electron chi connectivity index (χ4n) is 1.62. The molecular formula is C14H17Cl2NO3. The van der Waals surface area contributed by atoms with E-state index in [9.17, 15) is 9.59 Å². The lowest BCUT2D eigenvalue weighted by molar-refractivity contribution is -0.142. The topological polar surface area (TPSA) is 66.4 Å². The number of carbonyl (C=O) groups excluding carboxylic acids is 1. The van der Waals surface area contributed by atoms with E-state index in [0.29, 0.717) is 16.5 Å². The van der Waals surface area contributed by atoms with Gasteiger partial charge in [0.15, 0.2) is 0 Å². The minimum atomic E-state index is -0.928. The Labute approximate surface area is 128 Å². The number of rotatable bonds is 6. The average molecular weight is 318 g/mol. The third-order valence-corrected chi connectivity index (χ3v) is 3.89. The van der Waals surface area contributed by atoms with Crippen LogP contribution < -0.4 is 5.32 Å². The summed E-state index contributed by atoms with van der Waals surface area (Å²) in [4.78, 5) is 22.5. The lowest BCUT2D eigenvalue weighted by atomic mass is 10.0. The van der Waals surface area contributed by atoms with Gasteiger partial charge in [-0.2, -0.15) is 0 Å². The smallest absolute Gasteiger partial charge is 0.308 e. The molecule has 0 fully saturated rings. The second-order valence-electron chi connectivity index (χ2n) is 4.73. The molecule has 2 unspecified atom stereocenters. The van der Waals surface area contributed by atoms with E-state index < -0.39 is 17.9 Å². The molecule has 2 N–H and O–H groups in total. The number of halogens is 2. The molecule has 0 radical (unpaired) electrons. The fourth-order valence-corrected chi connectivity index (χ4v) is 1.94. The van der Waals surface area contributed by atoms with Gasteiger partial charge in [-0.25, -0.2) is 0 Å². The average Bonchev–Trinajstić information content (AvgIpc) is 2.39. The summed E-state index contributed by atoms with van der Waals surface area (Å²) in [6, 6.07) is 4.81. The monoisotopic (exact) mass is 317 g/mol. The van der Waals surface area contributed by atoms with Crippen molar-refractivity contribution in [1.82, 2.24) is 5.32 Å². The number of carbonyl (C=O) groups is 2. The molecule has 1 aromatic carbocycles. The Kier molecular flexibility index (Phi) is 6.30. The first-order valence-corrected chi connectivity index (χ1v) is 7.03. The number of nitrogens with one attached hydrogen (secondary N) is 1. The van der Waals surface area contributed by atoms with Gasteiger partial charge in [0, 0.05) is 12.5 Å². The van der Waals surface area contributed by atoms with Gasteiger partial charge in [0.2, 0.25) is 5.91 Å². The van der Waals surface area contributed by atoms with Gasteiger partial charge >= 0.3 is 5.97 Å².